The number of likely N-dealkylation sites (N-methyl/N-ethyl adjacent to an activating group) is 1. The maximum atomic E-state index is 13.2. The molecule has 0 saturated carbocycles. The third-order valence-electron chi connectivity index (χ3n) is 1.98. The third-order valence-corrected chi connectivity index (χ3v) is 1.98. The standard InChI is InChI=1S/C10H12F2N2O2/c1-14(5-6-15)10(16)13-8-4-2-3-7(11)9(8)12/h2-4,15H,5-6H2,1H3,(H,13,16). The minimum Gasteiger partial charge on any atom is -0.395 e. The Kier molecular flexibility index (Phi) is 4.19. The monoisotopic (exact) mass is 230 g/mol. The first-order valence-electron chi connectivity index (χ1n) is 4.63. The zero-order valence-corrected chi connectivity index (χ0v) is 8.70. The minimum absolute atomic E-state index is 0.114. The van der Waals surface area contributed by atoms with Crippen LogP contribution in [0, 0.1) is 11.6 Å². The predicted molar refractivity (Wildman–Crippen MR) is 55.1 cm³/mol. The summed E-state index contributed by atoms with van der Waals surface area (Å²) in [7, 11) is 1.43. The molecule has 0 heterocycles. The fourth-order valence-electron chi connectivity index (χ4n) is 1.06. The Morgan fingerprint density at radius 3 is 2.81 bits per heavy atom. The van der Waals surface area contributed by atoms with Crippen molar-refractivity contribution in [1.82, 2.24) is 4.90 Å². The van der Waals surface area contributed by atoms with E-state index in [1.54, 1.807) is 0 Å². The molecule has 0 aromatic heterocycles. The van der Waals surface area contributed by atoms with Crippen LogP contribution in [0.1, 0.15) is 0 Å². The van der Waals surface area contributed by atoms with Gasteiger partial charge in [0.25, 0.3) is 0 Å². The van der Waals surface area contributed by atoms with Crippen LogP contribution in [0.5, 0.6) is 0 Å². The summed E-state index contributed by atoms with van der Waals surface area (Å²) in [4.78, 5) is 12.5. The molecule has 0 aliphatic rings. The number of nitrogens with zero attached hydrogens (tertiary/aromatic N) is 1. The number of benzene rings is 1. The summed E-state index contributed by atoms with van der Waals surface area (Å²) >= 11 is 0. The number of amides is 2. The summed E-state index contributed by atoms with van der Waals surface area (Å²) < 4.78 is 26.0. The Hall–Kier alpha value is -1.69. The quantitative estimate of drug-likeness (QED) is 0.825. The SMILES string of the molecule is CN(CCO)C(=O)Nc1cccc(F)c1F. The Bertz CT molecular complexity index is 385. The number of carbonyl (C=O) groups is 1. The molecule has 0 fully saturated rings. The van der Waals surface area contributed by atoms with Crippen LogP contribution in [0.25, 0.3) is 0 Å². The molecule has 0 saturated heterocycles. The number of urea groups is 1. The summed E-state index contributed by atoms with van der Waals surface area (Å²) in [5.41, 5.74) is -0.227. The number of aliphatic hydroxyl groups is 1. The van der Waals surface area contributed by atoms with Gasteiger partial charge in [-0.1, -0.05) is 6.07 Å². The van der Waals surface area contributed by atoms with Crippen LogP contribution >= 0.6 is 0 Å². The van der Waals surface area contributed by atoms with Gasteiger partial charge in [0.05, 0.1) is 12.3 Å². The topological polar surface area (TPSA) is 52.6 Å². The van der Waals surface area contributed by atoms with E-state index in [4.69, 9.17) is 5.11 Å². The normalized spacial score (nSPS) is 10.0. The van der Waals surface area contributed by atoms with E-state index in [9.17, 15) is 13.6 Å². The Labute approximate surface area is 91.5 Å². The van der Waals surface area contributed by atoms with Crippen LogP contribution < -0.4 is 5.32 Å². The third kappa shape index (κ3) is 2.90. The number of hydrogen-bond donors (Lipinski definition) is 2. The van der Waals surface area contributed by atoms with Gasteiger partial charge in [-0.25, -0.2) is 13.6 Å². The molecule has 0 unspecified atom stereocenters. The molecule has 4 nitrogen and oxygen atoms in total. The largest absolute Gasteiger partial charge is 0.395 e. The van der Waals surface area contributed by atoms with Gasteiger partial charge in [0.15, 0.2) is 11.6 Å². The van der Waals surface area contributed by atoms with Crippen LogP contribution in [-0.2, 0) is 0 Å². The van der Waals surface area contributed by atoms with Crippen molar-refractivity contribution in [2.24, 2.45) is 0 Å². The van der Waals surface area contributed by atoms with Crippen LogP contribution in [0.4, 0.5) is 19.3 Å². The minimum atomic E-state index is -1.10. The van der Waals surface area contributed by atoms with Gasteiger partial charge < -0.3 is 15.3 Å². The molecule has 6 heteroatoms. The van der Waals surface area contributed by atoms with Crippen LogP contribution in [0.2, 0.25) is 0 Å². The summed E-state index contributed by atoms with van der Waals surface area (Å²) in [6, 6.07) is 2.89. The lowest BCUT2D eigenvalue weighted by Gasteiger charge is -2.16. The molecule has 0 aliphatic carbocycles. The lowest BCUT2D eigenvalue weighted by Crippen LogP contribution is -2.33. The van der Waals surface area contributed by atoms with Gasteiger partial charge in [-0.15, -0.1) is 0 Å². The van der Waals surface area contributed by atoms with Crippen molar-refractivity contribution in [3.63, 3.8) is 0 Å². The second kappa shape index (κ2) is 5.41. The number of rotatable bonds is 3. The number of nitrogens with one attached hydrogen (secondary N) is 1. The number of anilines is 1. The van der Waals surface area contributed by atoms with Gasteiger partial charge in [-0.05, 0) is 12.1 Å². The maximum Gasteiger partial charge on any atom is 0.321 e. The van der Waals surface area contributed by atoms with E-state index in [0.29, 0.717) is 0 Å². The van der Waals surface area contributed by atoms with Gasteiger partial charge in [-0.3, -0.25) is 0 Å². The van der Waals surface area contributed by atoms with Crippen molar-refractivity contribution in [1.29, 1.82) is 0 Å². The highest BCUT2D eigenvalue weighted by atomic mass is 19.2. The first-order valence-corrected chi connectivity index (χ1v) is 4.63. The Balaban J connectivity index is 2.73. The first kappa shape index (κ1) is 12.4. The summed E-state index contributed by atoms with van der Waals surface area (Å²) in [6.07, 6.45) is 0. The van der Waals surface area contributed by atoms with Crippen molar-refractivity contribution < 1.29 is 18.7 Å². The molecular formula is C10H12F2N2O2. The highest BCUT2D eigenvalue weighted by molar-refractivity contribution is 5.89. The molecule has 0 atom stereocenters. The van der Waals surface area contributed by atoms with Gasteiger partial charge in [0.1, 0.15) is 0 Å². The molecule has 0 spiro atoms. The highest BCUT2D eigenvalue weighted by Crippen LogP contribution is 2.16. The molecule has 0 bridgehead atoms. The van der Waals surface area contributed by atoms with Crippen molar-refractivity contribution in [3.8, 4) is 0 Å². The van der Waals surface area contributed by atoms with E-state index in [0.717, 1.165) is 11.0 Å². The lowest BCUT2D eigenvalue weighted by molar-refractivity contribution is 0.202. The molecule has 1 rings (SSSR count). The predicted octanol–water partition coefficient (Wildman–Crippen LogP) is 1.42. The molecule has 88 valence electrons. The van der Waals surface area contributed by atoms with Crippen molar-refractivity contribution in [2.75, 3.05) is 25.5 Å². The second-order valence-electron chi connectivity index (χ2n) is 3.18. The number of hydrogen-bond acceptors (Lipinski definition) is 2. The van der Waals surface area contributed by atoms with Gasteiger partial charge >= 0.3 is 6.03 Å². The van der Waals surface area contributed by atoms with Crippen LogP contribution in [0.3, 0.4) is 0 Å². The van der Waals surface area contributed by atoms with Crippen LogP contribution in [0.15, 0.2) is 18.2 Å². The van der Waals surface area contributed by atoms with E-state index in [2.05, 4.69) is 5.32 Å². The molecule has 0 radical (unpaired) electrons. The van der Waals surface area contributed by atoms with Crippen molar-refractivity contribution in [3.05, 3.63) is 29.8 Å². The molecule has 2 N–H and O–H groups in total. The fraction of sp³-hybridized carbons (Fsp3) is 0.300. The summed E-state index contributed by atoms with van der Waals surface area (Å²) in [5, 5.41) is 10.8. The van der Waals surface area contributed by atoms with Gasteiger partial charge in [-0.2, -0.15) is 0 Å². The van der Waals surface area contributed by atoms with E-state index < -0.39 is 17.7 Å². The summed E-state index contributed by atoms with van der Waals surface area (Å²) in [5.74, 6) is -2.13. The van der Waals surface area contributed by atoms with Crippen molar-refractivity contribution >= 4 is 11.7 Å². The average Bonchev–Trinajstić information content (AvgIpc) is 2.25. The van der Waals surface area contributed by atoms with Gasteiger partial charge in [0, 0.05) is 13.6 Å². The summed E-state index contributed by atoms with van der Waals surface area (Å²) in [6.45, 7) is -0.0850. The Morgan fingerprint density at radius 2 is 2.19 bits per heavy atom. The lowest BCUT2D eigenvalue weighted by atomic mass is 10.3. The highest BCUT2D eigenvalue weighted by Gasteiger charge is 2.12. The smallest absolute Gasteiger partial charge is 0.321 e. The molecule has 2 amide bonds. The van der Waals surface area contributed by atoms with Crippen molar-refractivity contribution in [2.45, 2.75) is 0 Å². The zero-order chi connectivity index (χ0) is 12.1. The maximum absolute atomic E-state index is 13.2. The van der Waals surface area contributed by atoms with E-state index >= 15 is 0 Å². The van der Waals surface area contributed by atoms with E-state index in [-0.39, 0.29) is 18.8 Å². The molecular weight excluding hydrogens is 218 g/mol. The fourth-order valence-corrected chi connectivity index (χ4v) is 1.06. The Morgan fingerprint density at radius 1 is 1.50 bits per heavy atom. The van der Waals surface area contributed by atoms with Crippen LogP contribution in [-0.4, -0.2) is 36.2 Å². The average molecular weight is 230 g/mol. The molecule has 1 aromatic rings. The number of aliphatic hydroxyl groups excluding tert-OH is 1. The first-order chi connectivity index (χ1) is 7.56. The van der Waals surface area contributed by atoms with E-state index in [1.807, 2.05) is 0 Å². The van der Waals surface area contributed by atoms with E-state index in [1.165, 1.54) is 19.2 Å². The second-order valence-corrected chi connectivity index (χ2v) is 3.18. The molecule has 16 heavy (non-hydrogen) atoms. The zero-order valence-electron chi connectivity index (χ0n) is 8.70. The van der Waals surface area contributed by atoms with Gasteiger partial charge in [0.2, 0.25) is 0 Å². The molecule has 1 aromatic carbocycles. The number of carbonyl (C=O) groups excluding carboxylic acids is 1. The molecule has 0 aliphatic heterocycles. The number of halogens is 2.